The molecule has 1 saturated heterocycles. The van der Waals surface area contributed by atoms with Crippen molar-refractivity contribution in [3.8, 4) is 5.75 Å². The molecule has 2 heterocycles. The van der Waals surface area contributed by atoms with Gasteiger partial charge in [-0.15, -0.1) is 0 Å². The summed E-state index contributed by atoms with van der Waals surface area (Å²) in [6.45, 7) is 6.21. The van der Waals surface area contributed by atoms with E-state index >= 15 is 0 Å². The molecule has 0 spiro atoms. The summed E-state index contributed by atoms with van der Waals surface area (Å²) in [5, 5.41) is 0. The lowest BCUT2D eigenvalue weighted by Crippen LogP contribution is -2.38. The SMILES string of the molecule is c1cn(Cc2ccc(OCCN3CCOCC3)cc2)cn1. The molecule has 1 aromatic heterocycles. The quantitative estimate of drug-likeness (QED) is 0.810. The third kappa shape index (κ3) is 4.31. The van der Waals surface area contributed by atoms with E-state index < -0.39 is 0 Å². The lowest BCUT2D eigenvalue weighted by molar-refractivity contribution is 0.0322. The van der Waals surface area contributed by atoms with Crippen molar-refractivity contribution in [3.05, 3.63) is 48.5 Å². The van der Waals surface area contributed by atoms with Crippen LogP contribution < -0.4 is 4.74 Å². The summed E-state index contributed by atoms with van der Waals surface area (Å²) in [6, 6.07) is 8.27. The normalized spacial score (nSPS) is 16.0. The van der Waals surface area contributed by atoms with E-state index in [9.17, 15) is 0 Å². The topological polar surface area (TPSA) is 39.5 Å². The van der Waals surface area contributed by atoms with Crippen LogP contribution in [0, 0.1) is 0 Å². The van der Waals surface area contributed by atoms with Crippen LogP contribution >= 0.6 is 0 Å². The maximum absolute atomic E-state index is 5.80. The third-order valence-electron chi connectivity index (χ3n) is 3.63. The van der Waals surface area contributed by atoms with Gasteiger partial charge in [0.1, 0.15) is 12.4 Å². The van der Waals surface area contributed by atoms with E-state index in [-0.39, 0.29) is 0 Å². The molecule has 0 radical (unpaired) electrons. The molecular weight excluding hydrogens is 266 g/mol. The van der Waals surface area contributed by atoms with E-state index in [1.165, 1.54) is 5.56 Å². The molecule has 2 aromatic rings. The molecule has 1 aliphatic heterocycles. The Hall–Kier alpha value is -1.85. The zero-order valence-electron chi connectivity index (χ0n) is 12.1. The summed E-state index contributed by atoms with van der Waals surface area (Å²) in [4.78, 5) is 6.42. The Labute approximate surface area is 125 Å². The largest absolute Gasteiger partial charge is 0.492 e. The zero-order valence-corrected chi connectivity index (χ0v) is 12.1. The predicted octanol–water partition coefficient (Wildman–Crippen LogP) is 1.64. The molecule has 0 atom stereocenters. The van der Waals surface area contributed by atoms with Gasteiger partial charge in [0.05, 0.1) is 19.5 Å². The Morgan fingerprint density at radius 2 is 1.95 bits per heavy atom. The number of aromatic nitrogens is 2. The summed E-state index contributed by atoms with van der Waals surface area (Å²) in [6.07, 6.45) is 5.59. The fourth-order valence-electron chi connectivity index (χ4n) is 2.40. The van der Waals surface area contributed by atoms with E-state index in [4.69, 9.17) is 9.47 Å². The first-order valence-corrected chi connectivity index (χ1v) is 7.38. The van der Waals surface area contributed by atoms with Gasteiger partial charge < -0.3 is 14.0 Å². The second kappa shape index (κ2) is 7.24. The van der Waals surface area contributed by atoms with Crippen molar-refractivity contribution in [2.75, 3.05) is 39.5 Å². The molecule has 0 unspecified atom stereocenters. The summed E-state index contributed by atoms with van der Waals surface area (Å²) in [7, 11) is 0. The summed E-state index contributed by atoms with van der Waals surface area (Å²) in [5.74, 6) is 0.928. The average Bonchev–Trinajstić information content (AvgIpc) is 3.03. The molecule has 1 fully saturated rings. The second-order valence-electron chi connectivity index (χ2n) is 5.18. The molecule has 5 heteroatoms. The van der Waals surface area contributed by atoms with E-state index in [2.05, 4.69) is 22.0 Å². The van der Waals surface area contributed by atoms with Gasteiger partial charge in [0, 0.05) is 38.6 Å². The van der Waals surface area contributed by atoms with Crippen LogP contribution in [0.2, 0.25) is 0 Å². The molecule has 1 aliphatic rings. The third-order valence-corrected chi connectivity index (χ3v) is 3.63. The molecule has 0 saturated carbocycles. The van der Waals surface area contributed by atoms with Crippen molar-refractivity contribution >= 4 is 0 Å². The van der Waals surface area contributed by atoms with Gasteiger partial charge >= 0.3 is 0 Å². The standard InChI is InChI=1S/C16H21N3O2/c1-3-16(21-12-9-18-7-10-20-11-8-18)4-2-15(1)13-19-6-5-17-14-19/h1-6,14H,7-13H2. The molecule has 3 rings (SSSR count). The van der Waals surface area contributed by atoms with Gasteiger partial charge in [0.2, 0.25) is 0 Å². The van der Waals surface area contributed by atoms with Crippen LogP contribution in [0.3, 0.4) is 0 Å². The van der Waals surface area contributed by atoms with Gasteiger partial charge in [-0.3, -0.25) is 4.90 Å². The highest BCUT2D eigenvalue weighted by Crippen LogP contribution is 2.13. The van der Waals surface area contributed by atoms with Crippen LogP contribution in [-0.4, -0.2) is 53.9 Å². The average molecular weight is 287 g/mol. The number of hydrogen-bond acceptors (Lipinski definition) is 4. The Morgan fingerprint density at radius 3 is 2.67 bits per heavy atom. The van der Waals surface area contributed by atoms with Crippen LogP contribution in [-0.2, 0) is 11.3 Å². The summed E-state index contributed by atoms with van der Waals surface area (Å²) < 4.78 is 13.2. The lowest BCUT2D eigenvalue weighted by Gasteiger charge is -2.26. The lowest BCUT2D eigenvalue weighted by atomic mass is 10.2. The van der Waals surface area contributed by atoms with Crippen LogP contribution in [0.15, 0.2) is 43.0 Å². The second-order valence-corrected chi connectivity index (χ2v) is 5.18. The van der Waals surface area contributed by atoms with Crippen molar-refractivity contribution in [1.82, 2.24) is 14.5 Å². The van der Waals surface area contributed by atoms with Crippen LogP contribution in [0.5, 0.6) is 5.75 Å². The highest BCUT2D eigenvalue weighted by atomic mass is 16.5. The number of hydrogen-bond donors (Lipinski definition) is 0. The van der Waals surface area contributed by atoms with Crippen LogP contribution in [0.4, 0.5) is 0 Å². The van der Waals surface area contributed by atoms with E-state index in [1.54, 1.807) is 6.20 Å². The molecular formula is C16H21N3O2. The Balaban J connectivity index is 1.43. The highest BCUT2D eigenvalue weighted by Gasteiger charge is 2.09. The summed E-state index contributed by atoms with van der Waals surface area (Å²) >= 11 is 0. The molecule has 1 aromatic carbocycles. The number of imidazole rings is 1. The molecule has 21 heavy (non-hydrogen) atoms. The fourth-order valence-corrected chi connectivity index (χ4v) is 2.40. The van der Waals surface area contributed by atoms with E-state index in [0.29, 0.717) is 0 Å². The minimum atomic E-state index is 0.723. The minimum absolute atomic E-state index is 0.723. The predicted molar refractivity (Wildman–Crippen MR) is 80.5 cm³/mol. The van der Waals surface area contributed by atoms with Gasteiger partial charge in [-0.2, -0.15) is 0 Å². The van der Waals surface area contributed by atoms with E-state index in [0.717, 1.165) is 51.7 Å². The van der Waals surface area contributed by atoms with Gasteiger partial charge in [0.15, 0.2) is 0 Å². The monoisotopic (exact) mass is 287 g/mol. The van der Waals surface area contributed by atoms with Gasteiger partial charge in [-0.1, -0.05) is 12.1 Å². The molecule has 112 valence electrons. The van der Waals surface area contributed by atoms with Crippen LogP contribution in [0.25, 0.3) is 0 Å². The molecule has 0 aliphatic carbocycles. The molecule has 0 N–H and O–H groups in total. The van der Waals surface area contributed by atoms with Crippen molar-refractivity contribution in [2.45, 2.75) is 6.54 Å². The number of benzene rings is 1. The number of rotatable bonds is 6. The van der Waals surface area contributed by atoms with Crippen molar-refractivity contribution in [2.24, 2.45) is 0 Å². The maximum atomic E-state index is 5.80. The Bertz CT molecular complexity index is 519. The Kier molecular flexibility index (Phi) is 4.86. The van der Waals surface area contributed by atoms with Gasteiger partial charge in [-0.25, -0.2) is 4.98 Å². The molecule has 0 amide bonds. The fraction of sp³-hybridized carbons (Fsp3) is 0.438. The molecule has 5 nitrogen and oxygen atoms in total. The van der Waals surface area contributed by atoms with E-state index in [1.807, 2.05) is 29.2 Å². The minimum Gasteiger partial charge on any atom is -0.492 e. The number of ether oxygens (including phenoxy) is 2. The van der Waals surface area contributed by atoms with Crippen molar-refractivity contribution in [3.63, 3.8) is 0 Å². The first-order valence-electron chi connectivity index (χ1n) is 7.38. The van der Waals surface area contributed by atoms with Gasteiger partial charge in [-0.05, 0) is 17.7 Å². The number of morpholine rings is 1. The highest BCUT2D eigenvalue weighted by molar-refractivity contribution is 5.27. The first-order chi connectivity index (χ1) is 10.4. The number of nitrogens with zero attached hydrogens (tertiary/aromatic N) is 3. The maximum Gasteiger partial charge on any atom is 0.119 e. The van der Waals surface area contributed by atoms with Gasteiger partial charge in [0.25, 0.3) is 0 Å². The smallest absolute Gasteiger partial charge is 0.119 e. The zero-order chi connectivity index (χ0) is 14.3. The first kappa shape index (κ1) is 14.1. The van der Waals surface area contributed by atoms with Crippen molar-refractivity contribution < 1.29 is 9.47 Å². The van der Waals surface area contributed by atoms with Crippen LogP contribution in [0.1, 0.15) is 5.56 Å². The summed E-state index contributed by atoms with van der Waals surface area (Å²) in [5.41, 5.74) is 1.24. The van der Waals surface area contributed by atoms with Crippen molar-refractivity contribution in [1.29, 1.82) is 0 Å². The Morgan fingerprint density at radius 1 is 1.14 bits per heavy atom. The molecule has 0 bridgehead atoms.